The molecule has 1 heteroatoms. The first-order chi connectivity index (χ1) is 34.7. The third kappa shape index (κ3) is 6.38. The molecule has 13 rings (SSSR count). The lowest BCUT2D eigenvalue weighted by Gasteiger charge is -2.35. The highest BCUT2D eigenvalue weighted by atomic mass is 15.1. The number of fused-ring (bicyclic) bond motifs is 11. The van der Waals surface area contributed by atoms with Crippen molar-refractivity contribution in [3.05, 3.63) is 256 Å². The van der Waals surface area contributed by atoms with Gasteiger partial charge < -0.3 is 4.90 Å². The van der Waals surface area contributed by atoms with Crippen molar-refractivity contribution in [2.45, 2.75) is 108 Å². The summed E-state index contributed by atoms with van der Waals surface area (Å²) in [6, 6.07) is 77.8. The maximum atomic E-state index is 2.62. The third-order valence-corrected chi connectivity index (χ3v) is 17.6. The number of anilines is 3. The molecular formula is C71H65N. The van der Waals surface area contributed by atoms with Gasteiger partial charge in [0.1, 0.15) is 0 Å². The van der Waals surface area contributed by atoms with Crippen molar-refractivity contribution in [1.29, 1.82) is 0 Å². The molecule has 0 bridgehead atoms. The minimum Gasteiger partial charge on any atom is -0.310 e. The quantitative estimate of drug-likeness (QED) is 0.161. The second-order valence-corrected chi connectivity index (χ2v) is 24.0. The Hall–Kier alpha value is -7.22. The van der Waals surface area contributed by atoms with Gasteiger partial charge in [0.05, 0.1) is 11.1 Å². The highest BCUT2D eigenvalue weighted by Crippen LogP contribution is 2.62. The molecule has 0 radical (unpaired) electrons. The zero-order chi connectivity index (χ0) is 49.4. The van der Waals surface area contributed by atoms with Crippen LogP contribution in [0.2, 0.25) is 0 Å². The molecule has 1 fully saturated rings. The van der Waals surface area contributed by atoms with E-state index in [1.54, 1.807) is 0 Å². The Morgan fingerprint density at radius 1 is 0.389 bits per heavy atom. The van der Waals surface area contributed by atoms with Crippen LogP contribution in [0.25, 0.3) is 44.5 Å². The van der Waals surface area contributed by atoms with Crippen molar-refractivity contribution in [3.63, 3.8) is 0 Å². The largest absolute Gasteiger partial charge is 0.310 e. The lowest BCUT2D eigenvalue weighted by atomic mass is 9.67. The molecule has 9 aromatic carbocycles. The molecule has 1 spiro atoms. The first kappa shape index (κ1) is 44.7. The van der Waals surface area contributed by atoms with Gasteiger partial charge in [0.25, 0.3) is 0 Å². The Labute approximate surface area is 428 Å². The third-order valence-electron chi connectivity index (χ3n) is 17.6. The molecule has 0 amide bonds. The Bertz CT molecular complexity index is 3560. The molecular weight excluding hydrogens is 867 g/mol. The molecule has 0 heterocycles. The fraction of sp³-hybridized carbons (Fsp3) is 0.239. The van der Waals surface area contributed by atoms with Gasteiger partial charge in [-0.1, -0.05) is 238 Å². The molecule has 1 saturated carbocycles. The minimum atomic E-state index is -0.569. The highest BCUT2D eigenvalue weighted by molar-refractivity contribution is 5.99. The van der Waals surface area contributed by atoms with E-state index in [1.165, 1.54) is 137 Å². The SMILES string of the molecule is CC(C)(C)c1ccc(C2(c3ccc(C(C)(C)C)cc3)c3ccccc3-c3c(N(c4cccc(-c5cccc6c5C(C)(C)c5ccccc5-6)c4)c4ccc5c(c4)C4(CCCC4)c4ccccc4-5)cccc32)cc1. The van der Waals surface area contributed by atoms with Crippen molar-refractivity contribution >= 4 is 17.1 Å². The average molecular weight is 932 g/mol. The van der Waals surface area contributed by atoms with E-state index in [9.17, 15) is 0 Å². The number of rotatable bonds is 6. The fourth-order valence-corrected chi connectivity index (χ4v) is 14.2. The molecule has 4 aliphatic rings. The molecule has 9 aromatic rings. The predicted octanol–water partition coefficient (Wildman–Crippen LogP) is 18.9. The zero-order valence-electron chi connectivity index (χ0n) is 43.3. The van der Waals surface area contributed by atoms with E-state index in [4.69, 9.17) is 0 Å². The van der Waals surface area contributed by atoms with E-state index in [1.807, 2.05) is 0 Å². The first-order valence-electron chi connectivity index (χ1n) is 26.6. The van der Waals surface area contributed by atoms with Crippen LogP contribution in [0.4, 0.5) is 17.1 Å². The van der Waals surface area contributed by atoms with Crippen LogP contribution >= 0.6 is 0 Å². The van der Waals surface area contributed by atoms with Crippen LogP contribution in [-0.4, -0.2) is 0 Å². The number of hydrogen-bond acceptors (Lipinski definition) is 1. The average Bonchev–Trinajstić information content (AvgIpc) is 4.13. The Balaban J connectivity index is 1.08. The normalized spacial score (nSPS) is 16.2. The van der Waals surface area contributed by atoms with Crippen molar-refractivity contribution in [1.82, 2.24) is 0 Å². The van der Waals surface area contributed by atoms with E-state index in [0.29, 0.717) is 0 Å². The first-order valence-corrected chi connectivity index (χ1v) is 26.6. The fourth-order valence-electron chi connectivity index (χ4n) is 14.2. The smallest absolute Gasteiger partial charge is 0.0714 e. The number of nitrogens with zero attached hydrogens (tertiary/aromatic N) is 1. The molecule has 0 aliphatic heterocycles. The van der Waals surface area contributed by atoms with Crippen molar-refractivity contribution < 1.29 is 0 Å². The van der Waals surface area contributed by atoms with Crippen LogP contribution in [0.3, 0.4) is 0 Å². The van der Waals surface area contributed by atoms with Gasteiger partial charge in [0, 0.05) is 27.8 Å². The topological polar surface area (TPSA) is 3.24 Å². The summed E-state index contributed by atoms with van der Waals surface area (Å²) < 4.78 is 0. The van der Waals surface area contributed by atoms with Gasteiger partial charge in [-0.15, -0.1) is 0 Å². The van der Waals surface area contributed by atoms with Crippen LogP contribution in [0.15, 0.2) is 200 Å². The lowest BCUT2D eigenvalue weighted by Crippen LogP contribution is -2.29. The Morgan fingerprint density at radius 3 is 1.54 bits per heavy atom. The molecule has 72 heavy (non-hydrogen) atoms. The van der Waals surface area contributed by atoms with Crippen molar-refractivity contribution in [2.24, 2.45) is 0 Å². The summed E-state index contributed by atoms with van der Waals surface area (Å²) in [5.74, 6) is 0. The van der Waals surface area contributed by atoms with Gasteiger partial charge in [-0.2, -0.15) is 0 Å². The molecule has 1 nitrogen and oxygen atoms in total. The summed E-state index contributed by atoms with van der Waals surface area (Å²) in [6.07, 6.45) is 4.88. The molecule has 0 unspecified atom stereocenters. The van der Waals surface area contributed by atoms with E-state index in [2.05, 4.69) is 260 Å². The van der Waals surface area contributed by atoms with E-state index < -0.39 is 5.41 Å². The van der Waals surface area contributed by atoms with Crippen molar-refractivity contribution in [3.8, 4) is 44.5 Å². The summed E-state index contributed by atoms with van der Waals surface area (Å²) in [7, 11) is 0. The van der Waals surface area contributed by atoms with Gasteiger partial charge in [-0.3, -0.25) is 0 Å². The summed E-state index contributed by atoms with van der Waals surface area (Å²) in [4.78, 5) is 2.62. The Morgan fingerprint density at radius 2 is 0.889 bits per heavy atom. The highest BCUT2D eigenvalue weighted by Gasteiger charge is 2.49. The number of benzene rings is 9. The maximum Gasteiger partial charge on any atom is 0.0714 e. The number of hydrogen-bond donors (Lipinski definition) is 0. The van der Waals surface area contributed by atoms with Crippen LogP contribution in [0, 0.1) is 0 Å². The summed E-state index contributed by atoms with van der Waals surface area (Å²) in [6.45, 7) is 18.7. The van der Waals surface area contributed by atoms with E-state index in [0.717, 1.165) is 5.69 Å². The van der Waals surface area contributed by atoms with Gasteiger partial charge in [-0.25, -0.2) is 0 Å². The van der Waals surface area contributed by atoms with Crippen LogP contribution in [0.5, 0.6) is 0 Å². The lowest BCUT2D eigenvalue weighted by molar-refractivity contribution is 0.550. The minimum absolute atomic E-state index is 0.0272. The monoisotopic (exact) mass is 932 g/mol. The molecule has 354 valence electrons. The van der Waals surface area contributed by atoms with E-state index in [-0.39, 0.29) is 21.7 Å². The molecule has 0 atom stereocenters. The summed E-state index contributed by atoms with van der Waals surface area (Å²) in [5.41, 5.74) is 27.2. The van der Waals surface area contributed by atoms with Gasteiger partial charge in [0.15, 0.2) is 0 Å². The Kier molecular flexibility index (Phi) is 9.86. The van der Waals surface area contributed by atoms with Gasteiger partial charge in [0.2, 0.25) is 0 Å². The second-order valence-electron chi connectivity index (χ2n) is 24.0. The van der Waals surface area contributed by atoms with E-state index >= 15 is 0 Å². The van der Waals surface area contributed by atoms with Crippen LogP contribution in [-0.2, 0) is 27.1 Å². The molecule has 0 N–H and O–H groups in total. The second kappa shape index (κ2) is 15.9. The van der Waals surface area contributed by atoms with Crippen molar-refractivity contribution in [2.75, 3.05) is 4.90 Å². The summed E-state index contributed by atoms with van der Waals surface area (Å²) in [5, 5.41) is 0. The van der Waals surface area contributed by atoms with Crippen LogP contribution < -0.4 is 4.90 Å². The predicted molar refractivity (Wildman–Crippen MR) is 304 cm³/mol. The summed E-state index contributed by atoms with van der Waals surface area (Å²) >= 11 is 0. The van der Waals surface area contributed by atoms with Gasteiger partial charge in [-0.05, 0) is 149 Å². The zero-order valence-corrected chi connectivity index (χ0v) is 43.3. The standard InChI is InChI=1S/C71H65N/c1-67(2,3)47-32-36-49(37-33-47)71(50-38-34-48(35-39-50)68(4,5)6)61-29-14-11-24-58(61)65-62(71)30-19-31-64(65)72(52-40-41-56-54-22-10-13-28-60(54)70(63(56)45-52)42-15-16-43-70)51-21-17-20-46(44-51)53-25-18-26-57-55-23-9-12-27-59(55)69(7,8)66(53)57/h9-14,17-41,44-45H,15-16,42-43H2,1-8H3. The molecule has 0 aromatic heterocycles. The van der Waals surface area contributed by atoms with Gasteiger partial charge >= 0.3 is 0 Å². The molecule has 0 saturated heterocycles. The molecule has 4 aliphatic carbocycles. The van der Waals surface area contributed by atoms with Crippen LogP contribution in [0.1, 0.15) is 137 Å². The maximum absolute atomic E-state index is 2.62.